The van der Waals surface area contributed by atoms with Gasteiger partial charge in [-0.25, -0.2) is 0 Å². The molecule has 0 radical (unpaired) electrons. The quantitative estimate of drug-likeness (QED) is 0.908. The Morgan fingerprint density at radius 2 is 2.05 bits per heavy atom. The predicted molar refractivity (Wildman–Crippen MR) is 76.2 cm³/mol. The monoisotopic (exact) mass is 265 g/mol. The van der Waals surface area contributed by atoms with Crippen molar-refractivity contribution in [1.29, 1.82) is 0 Å². The molecule has 0 saturated carbocycles. The number of ether oxygens (including phenoxy) is 3. The minimum atomic E-state index is -0.0674. The van der Waals surface area contributed by atoms with Gasteiger partial charge in [-0.15, -0.1) is 0 Å². The van der Waals surface area contributed by atoms with Gasteiger partial charge in [0.25, 0.3) is 0 Å². The van der Waals surface area contributed by atoms with Crippen molar-refractivity contribution in [3.63, 3.8) is 0 Å². The van der Waals surface area contributed by atoms with Crippen molar-refractivity contribution < 1.29 is 14.2 Å². The van der Waals surface area contributed by atoms with Gasteiger partial charge in [-0.05, 0) is 38.8 Å². The van der Waals surface area contributed by atoms with Crippen LogP contribution in [0.25, 0.3) is 0 Å². The van der Waals surface area contributed by atoms with Gasteiger partial charge in [0, 0.05) is 18.7 Å². The SMILES string of the molecule is COc1ccc(OC)c(NC2CCOC(C)(C)C2)c1. The highest BCUT2D eigenvalue weighted by molar-refractivity contribution is 5.60. The van der Waals surface area contributed by atoms with Crippen molar-refractivity contribution in [3.8, 4) is 11.5 Å². The summed E-state index contributed by atoms with van der Waals surface area (Å²) in [6.45, 7) is 5.05. The molecule has 4 heteroatoms. The fourth-order valence-electron chi connectivity index (χ4n) is 2.50. The van der Waals surface area contributed by atoms with E-state index < -0.39 is 0 Å². The lowest BCUT2D eigenvalue weighted by molar-refractivity contribution is -0.0553. The molecule has 1 fully saturated rings. The average molecular weight is 265 g/mol. The second-order valence-electron chi connectivity index (χ2n) is 5.51. The highest BCUT2D eigenvalue weighted by Crippen LogP contribution is 2.32. The minimum absolute atomic E-state index is 0.0674. The Kier molecular flexibility index (Phi) is 4.20. The summed E-state index contributed by atoms with van der Waals surface area (Å²) in [6.07, 6.45) is 1.98. The van der Waals surface area contributed by atoms with E-state index in [0.29, 0.717) is 6.04 Å². The lowest BCUT2D eigenvalue weighted by atomic mass is 9.94. The number of nitrogens with one attached hydrogen (secondary N) is 1. The molecule has 1 aliphatic rings. The van der Waals surface area contributed by atoms with Crippen molar-refractivity contribution in [2.24, 2.45) is 0 Å². The first-order valence-corrected chi connectivity index (χ1v) is 6.66. The number of anilines is 1. The maximum atomic E-state index is 5.74. The molecule has 2 rings (SSSR count). The summed E-state index contributed by atoms with van der Waals surface area (Å²) in [5.74, 6) is 1.67. The second kappa shape index (κ2) is 5.70. The van der Waals surface area contributed by atoms with Gasteiger partial charge in [-0.3, -0.25) is 0 Å². The van der Waals surface area contributed by atoms with Crippen LogP contribution in [0.1, 0.15) is 26.7 Å². The number of rotatable bonds is 4. The van der Waals surface area contributed by atoms with Crippen LogP contribution in [0.15, 0.2) is 18.2 Å². The highest BCUT2D eigenvalue weighted by atomic mass is 16.5. The Balaban J connectivity index is 2.13. The Labute approximate surface area is 115 Å². The molecule has 19 heavy (non-hydrogen) atoms. The molecule has 1 aromatic rings. The average Bonchev–Trinajstić information content (AvgIpc) is 2.37. The third-order valence-electron chi connectivity index (χ3n) is 3.46. The van der Waals surface area contributed by atoms with Crippen LogP contribution < -0.4 is 14.8 Å². The van der Waals surface area contributed by atoms with Crippen LogP contribution >= 0.6 is 0 Å². The molecule has 1 atom stereocenters. The Morgan fingerprint density at radius 3 is 2.68 bits per heavy atom. The summed E-state index contributed by atoms with van der Waals surface area (Å²) in [7, 11) is 3.35. The molecule has 0 aromatic heterocycles. The molecular formula is C15H23NO3. The molecule has 1 unspecified atom stereocenters. The van der Waals surface area contributed by atoms with Crippen LogP contribution in [0, 0.1) is 0 Å². The van der Waals surface area contributed by atoms with E-state index in [1.165, 1.54) is 0 Å². The van der Waals surface area contributed by atoms with E-state index in [-0.39, 0.29) is 5.60 Å². The Bertz CT molecular complexity index is 431. The van der Waals surface area contributed by atoms with Crippen molar-refractivity contribution in [2.45, 2.75) is 38.3 Å². The van der Waals surface area contributed by atoms with Crippen LogP contribution in [-0.4, -0.2) is 32.5 Å². The van der Waals surface area contributed by atoms with Crippen LogP contribution in [-0.2, 0) is 4.74 Å². The summed E-state index contributed by atoms with van der Waals surface area (Å²) in [5.41, 5.74) is 0.909. The zero-order valence-corrected chi connectivity index (χ0v) is 12.2. The van der Waals surface area contributed by atoms with E-state index in [4.69, 9.17) is 14.2 Å². The molecule has 1 N–H and O–H groups in total. The first-order valence-electron chi connectivity index (χ1n) is 6.66. The molecule has 1 aliphatic heterocycles. The Hall–Kier alpha value is -1.42. The molecule has 1 saturated heterocycles. The number of hydrogen-bond donors (Lipinski definition) is 1. The predicted octanol–water partition coefficient (Wildman–Crippen LogP) is 3.07. The fourth-order valence-corrected chi connectivity index (χ4v) is 2.50. The maximum Gasteiger partial charge on any atom is 0.142 e. The van der Waals surface area contributed by atoms with Crippen molar-refractivity contribution in [1.82, 2.24) is 0 Å². The molecule has 0 bridgehead atoms. The van der Waals surface area contributed by atoms with E-state index in [9.17, 15) is 0 Å². The molecular weight excluding hydrogens is 242 g/mol. The molecule has 1 heterocycles. The lowest BCUT2D eigenvalue weighted by Gasteiger charge is -2.36. The van der Waals surface area contributed by atoms with Crippen LogP contribution in [0.3, 0.4) is 0 Å². The van der Waals surface area contributed by atoms with Gasteiger partial charge in [0.2, 0.25) is 0 Å². The van der Waals surface area contributed by atoms with E-state index in [2.05, 4.69) is 19.2 Å². The summed E-state index contributed by atoms with van der Waals surface area (Å²) in [5, 5.41) is 3.55. The van der Waals surface area contributed by atoms with Crippen molar-refractivity contribution >= 4 is 5.69 Å². The van der Waals surface area contributed by atoms with Crippen molar-refractivity contribution in [2.75, 3.05) is 26.1 Å². The lowest BCUT2D eigenvalue weighted by Crippen LogP contribution is -2.40. The van der Waals surface area contributed by atoms with E-state index in [0.717, 1.165) is 36.6 Å². The smallest absolute Gasteiger partial charge is 0.142 e. The van der Waals surface area contributed by atoms with Gasteiger partial charge in [0.1, 0.15) is 11.5 Å². The van der Waals surface area contributed by atoms with E-state index in [1.807, 2.05) is 18.2 Å². The minimum Gasteiger partial charge on any atom is -0.497 e. The molecule has 106 valence electrons. The van der Waals surface area contributed by atoms with Gasteiger partial charge < -0.3 is 19.5 Å². The number of hydrogen-bond acceptors (Lipinski definition) is 4. The summed E-state index contributed by atoms with van der Waals surface area (Å²) >= 11 is 0. The first-order chi connectivity index (χ1) is 9.04. The van der Waals surface area contributed by atoms with Crippen LogP contribution in [0.5, 0.6) is 11.5 Å². The zero-order chi connectivity index (χ0) is 13.9. The van der Waals surface area contributed by atoms with Gasteiger partial charge in [0.15, 0.2) is 0 Å². The van der Waals surface area contributed by atoms with Crippen LogP contribution in [0.2, 0.25) is 0 Å². The van der Waals surface area contributed by atoms with Crippen molar-refractivity contribution in [3.05, 3.63) is 18.2 Å². The molecule has 0 aliphatic carbocycles. The number of benzene rings is 1. The zero-order valence-electron chi connectivity index (χ0n) is 12.2. The third-order valence-corrected chi connectivity index (χ3v) is 3.46. The summed E-state index contributed by atoms with van der Waals surface area (Å²) in [6, 6.07) is 6.19. The van der Waals surface area contributed by atoms with Gasteiger partial charge >= 0.3 is 0 Å². The molecule has 0 amide bonds. The Morgan fingerprint density at radius 1 is 1.26 bits per heavy atom. The topological polar surface area (TPSA) is 39.7 Å². The van der Waals surface area contributed by atoms with E-state index >= 15 is 0 Å². The second-order valence-corrected chi connectivity index (χ2v) is 5.51. The largest absolute Gasteiger partial charge is 0.497 e. The molecule has 0 spiro atoms. The van der Waals surface area contributed by atoms with Crippen LogP contribution in [0.4, 0.5) is 5.69 Å². The maximum absolute atomic E-state index is 5.74. The normalized spacial score (nSPS) is 21.8. The molecule has 4 nitrogen and oxygen atoms in total. The summed E-state index contributed by atoms with van der Waals surface area (Å²) < 4.78 is 16.4. The highest BCUT2D eigenvalue weighted by Gasteiger charge is 2.29. The number of methoxy groups -OCH3 is 2. The standard InChI is InChI=1S/C15H23NO3/c1-15(2)10-11(7-8-19-15)16-13-9-12(17-3)5-6-14(13)18-4/h5-6,9,11,16H,7-8,10H2,1-4H3. The van der Waals surface area contributed by atoms with E-state index in [1.54, 1.807) is 14.2 Å². The van der Waals surface area contributed by atoms with Gasteiger partial charge in [-0.1, -0.05) is 0 Å². The first kappa shape index (κ1) is 14.0. The summed E-state index contributed by atoms with van der Waals surface area (Å²) in [4.78, 5) is 0. The fraction of sp³-hybridized carbons (Fsp3) is 0.600. The molecule has 1 aromatic carbocycles. The third kappa shape index (κ3) is 3.53. The van der Waals surface area contributed by atoms with Gasteiger partial charge in [-0.2, -0.15) is 0 Å². The van der Waals surface area contributed by atoms with Gasteiger partial charge in [0.05, 0.1) is 25.5 Å².